The topological polar surface area (TPSA) is 83.0 Å². The summed E-state index contributed by atoms with van der Waals surface area (Å²) < 4.78 is 31.5. The van der Waals surface area contributed by atoms with E-state index in [1.165, 1.54) is 29.7 Å². The van der Waals surface area contributed by atoms with Crippen LogP contribution >= 0.6 is 11.3 Å². The Bertz CT molecular complexity index is 849. The van der Waals surface area contributed by atoms with Crippen LogP contribution in [-0.2, 0) is 16.6 Å². The van der Waals surface area contributed by atoms with Gasteiger partial charge in [-0.05, 0) is 37.6 Å². The molecule has 0 saturated carbocycles. The standard InChI is InChI=1S/C19H28N4O3S2/c1-4-20-19(21-13-8-14-26-16-9-6-5-7-10-16)22-15-17-11-12-18(27-17)28(24,25)23(2)3/h5-7,9-12H,4,8,13-15H2,1-3H3,(H2,20,21,22). The molecule has 0 atom stereocenters. The Morgan fingerprint density at radius 1 is 1.14 bits per heavy atom. The highest BCUT2D eigenvalue weighted by Crippen LogP contribution is 2.24. The largest absolute Gasteiger partial charge is 0.494 e. The molecule has 0 aliphatic heterocycles. The number of thiophene rings is 1. The highest BCUT2D eigenvalue weighted by Gasteiger charge is 2.19. The zero-order valence-corrected chi connectivity index (χ0v) is 18.1. The van der Waals surface area contributed by atoms with Gasteiger partial charge in [-0.3, -0.25) is 0 Å². The first kappa shape index (κ1) is 22.2. The summed E-state index contributed by atoms with van der Waals surface area (Å²) in [6, 6.07) is 13.2. The van der Waals surface area contributed by atoms with Gasteiger partial charge in [0.1, 0.15) is 9.96 Å². The fourth-order valence-electron chi connectivity index (χ4n) is 2.25. The van der Waals surface area contributed by atoms with Crippen molar-refractivity contribution in [1.29, 1.82) is 0 Å². The van der Waals surface area contributed by atoms with Crippen LogP contribution in [0.1, 0.15) is 18.2 Å². The van der Waals surface area contributed by atoms with Crippen LogP contribution in [0.4, 0.5) is 0 Å². The number of nitrogens with one attached hydrogen (secondary N) is 2. The molecule has 28 heavy (non-hydrogen) atoms. The van der Waals surface area contributed by atoms with Gasteiger partial charge in [0.15, 0.2) is 5.96 Å². The Morgan fingerprint density at radius 2 is 1.89 bits per heavy atom. The Hall–Kier alpha value is -2.10. The fourth-order valence-corrected chi connectivity index (χ4v) is 4.70. The first-order chi connectivity index (χ1) is 13.4. The number of hydrogen-bond donors (Lipinski definition) is 2. The summed E-state index contributed by atoms with van der Waals surface area (Å²) in [5.41, 5.74) is 0. The summed E-state index contributed by atoms with van der Waals surface area (Å²) in [6.07, 6.45) is 0.837. The lowest BCUT2D eigenvalue weighted by Crippen LogP contribution is -2.38. The minimum absolute atomic E-state index is 0.332. The Labute approximate surface area is 171 Å². The molecule has 154 valence electrons. The van der Waals surface area contributed by atoms with E-state index in [-0.39, 0.29) is 0 Å². The molecule has 7 nitrogen and oxygen atoms in total. The first-order valence-corrected chi connectivity index (χ1v) is 11.4. The van der Waals surface area contributed by atoms with E-state index in [1.54, 1.807) is 6.07 Å². The SMILES string of the molecule is CCNC(=NCc1ccc(S(=O)(=O)N(C)C)s1)NCCCOc1ccccc1. The van der Waals surface area contributed by atoms with Gasteiger partial charge >= 0.3 is 0 Å². The number of aliphatic imine (C=N–C) groups is 1. The van der Waals surface area contributed by atoms with E-state index in [1.807, 2.05) is 43.3 Å². The number of para-hydroxylation sites is 1. The van der Waals surface area contributed by atoms with Crippen molar-refractivity contribution in [2.75, 3.05) is 33.8 Å². The maximum atomic E-state index is 12.2. The number of sulfonamides is 1. The summed E-state index contributed by atoms with van der Waals surface area (Å²) in [5.74, 6) is 1.57. The Balaban J connectivity index is 1.82. The number of hydrogen-bond acceptors (Lipinski definition) is 5. The summed E-state index contributed by atoms with van der Waals surface area (Å²) in [4.78, 5) is 5.43. The van der Waals surface area contributed by atoms with Crippen LogP contribution in [0, 0.1) is 0 Å². The predicted molar refractivity (Wildman–Crippen MR) is 115 cm³/mol. The van der Waals surface area contributed by atoms with Crippen molar-refractivity contribution in [2.24, 2.45) is 4.99 Å². The smallest absolute Gasteiger partial charge is 0.252 e. The molecule has 1 heterocycles. The molecule has 0 radical (unpaired) electrons. The summed E-state index contributed by atoms with van der Waals surface area (Å²) in [6.45, 7) is 4.51. The van der Waals surface area contributed by atoms with Gasteiger partial charge in [0.2, 0.25) is 0 Å². The minimum atomic E-state index is -3.39. The van der Waals surface area contributed by atoms with E-state index in [4.69, 9.17) is 4.74 Å². The van der Waals surface area contributed by atoms with Gasteiger partial charge in [-0.25, -0.2) is 17.7 Å². The van der Waals surface area contributed by atoms with Crippen molar-refractivity contribution < 1.29 is 13.2 Å². The quantitative estimate of drug-likeness (QED) is 0.348. The maximum absolute atomic E-state index is 12.2. The molecule has 9 heteroatoms. The maximum Gasteiger partial charge on any atom is 0.252 e. The van der Waals surface area contributed by atoms with Crippen molar-refractivity contribution in [3.8, 4) is 5.75 Å². The van der Waals surface area contributed by atoms with Gasteiger partial charge < -0.3 is 15.4 Å². The molecule has 0 fully saturated rings. The molecule has 0 aliphatic carbocycles. The van der Waals surface area contributed by atoms with Crippen LogP contribution in [0.25, 0.3) is 0 Å². The molecule has 1 aromatic carbocycles. The lowest BCUT2D eigenvalue weighted by atomic mass is 10.3. The summed E-state index contributed by atoms with van der Waals surface area (Å²) >= 11 is 1.25. The second kappa shape index (κ2) is 11.0. The molecule has 0 saturated heterocycles. The lowest BCUT2D eigenvalue weighted by molar-refractivity contribution is 0.311. The van der Waals surface area contributed by atoms with Gasteiger partial charge in [-0.15, -0.1) is 11.3 Å². The van der Waals surface area contributed by atoms with E-state index in [2.05, 4.69) is 15.6 Å². The predicted octanol–water partition coefficient (Wildman–Crippen LogP) is 2.52. The van der Waals surface area contributed by atoms with Crippen LogP contribution in [0.5, 0.6) is 5.75 Å². The van der Waals surface area contributed by atoms with Crippen LogP contribution in [-0.4, -0.2) is 52.5 Å². The summed E-state index contributed by atoms with van der Waals surface area (Å²) in [7, 11) is -0.331. The molecular formula is C19H28N4O3S2. The first-order valence-electron chi connectivity index (χ1n) is 9.14. The molecule has 0 amide bonds. The molecule has 2 aromatic rings. The number of rotatable bonds is 10. The third kappa shape index (κ3) is 6.81. The lowest BCUT2D eigenvalue weighted by Gasteiger charge is -2.11. The third-order valence-electron chi connectivity index (χ3n) is 3.73. The van der Waals surface area contributed by atoms with Gasteiger partial charge in [-0.1, -0.05) is 18.2 Å². The van der Waals surface area contributed by atoms with Crippen molar-refractivity contribution in [1.82, 2.24) is 14.9 Å². The molecule has 1 aromatic heterocycles. The number of ether oxygens (including phenoxy) is 1. The average Bonchev–Trinajstić information content (AvgIpc) is 3.16. The van der Waals surface area contributed by atoms with Crippen molar-refractivity contribution in [3.63, 3.8) is 0 Å². The molecule has 2 rings (SSSR count). The van der Waals surface area contributed by atoms with Crippen LogP contribution < -0.4 is 15.4 Å². The molecule has 2 N–H and O–H groups in total. The monoisotopic (exact) mass is 424 g/mol. The summed E-state index contributed by atoms with van der Waals surface area (Å²) in [5, 5.41) is 6.46. The third-order valence-corrected chi connectivity index (χ3v) is 7.09. The van der Waals surface area contributed by atoms with Crippen molar-refractivity contribution >= 4 is 27.3 Å². The van der Waals surface area contributed by atoms with E-state index < -0.39 is 10.0 Å². The highest BCUT2D eigenvalue weighted by atomic mass is 32.2. The molecule has 0 aliphatic rings. The molecule has 0 bridgehead atoms. The van der Waals surface area contributed by atoms with E-state index in [0.717, 1.165) is 30.1 Å². The zero-order valence-electron chi connectivity index (χ0n) is 16.5. The van der Waals surface area contributed by atoms with Gasteiger partial charge in [0.25, 0.3) is 10.0 Å². The number of benzene rings is 1. The van der Waals surface area contributed by atoms with E-state index >= 15 is 0 Å². The van der Waals surface area contributed by atoms with E-state index in [0.29, 0.717) is 23.3 Å². The molecular weight excluding hydrogens is 396 g/mol. The zero-order chi connectivity index (χ0) is 20.4. The van der Waals surface area contributed by atoms with Crippen LogP contribution in [0.2, 0.25) is 0 Å². The Kier molecular flexibility index (Phi) is 8.75. The fraction of sp³-hybridized carbons (Fsp3) is 0.421. The van der Waals surface area contributed by atoms with Crippen LogP contribution in [0.15, 0.2) is 51.7 Å². The normalized spacial score (nSPS) is 12.2. The van der Waals surface area contributed by atoms with Gasteiger partial charge in [-0.2, -0.15) is 0 Å². The molecule has 0 unspecified atom stereocenters. The number of nitrogens with zero attached hydrogens (tertiary/aromatic N) is 2. The van der Waals surface area contributed by atoms with E-state index in [9.17, 15) is 8.42 Å². The molecule has 0 spiro atoms. The van der Waals surface area contributed by atoms with Crippen molar-refractivity contribution in [2.45, 2.75) is 24.1 Å². The van der Waals surface area contributed by atoms with Crippen molar-refractivity contribution in [3.05, 3.63) is 47.3 Å². The van der Waals surface area contributed by atoms with Gasteiger partial charge in [0.05, 0.1) is 13.2 Å². The minimum Gasteiger partial charge on any atom is -0.494 e. The second-order valence-corrected chi connectivity index (χ2v) is 9.69. The highest BCUT2D eigenvalue weighted by molar-refractivity contribution is 7.91. The Morgan fingerprint density at radius 3 is 2.57 bits per heavy atom. The average molecular weight is 425 g/mol. The van der Waals surface area contributed by atoms with Gasteiger partial charge in [0, 0.05) is 32.1 Å². The second-order valence-electron chi connectivity index (χ2n) is 6.15. The van der Waals surface area contributed by atoms with Crippen LogP contribution in [0.3, 0.4) is 0 Å². The number of guanidine groups is 1.